The lowest BCUT2D eigenvalue weighted by Crippen LogP contribution is -2.19. The minimum absolute atomic E-state index is 0.670. The van der Waals surface area contributed by atoms with Crippen molar-refractivity contribution in [3.63, 3.8) is 0 Å². The van der Waals surface area contributed by atoms with Crippen molar-refractivity contribution < 1.29 is 0 Å². The van der Waals surface area contributed by atoms with Gasteiger partial charge < -0.3 is 10.2 Å². The van der Waals surface area contributed by atoms with Crippen LogP contribution in [0.5, 0.6) is 0 Å². The molecule has 21 heavy (non-hydrogen) atoms. The van der Waals surface area contributed by atoms with E-state index in [9.17, 15) is 0 Å². The molecule has 0 amide bonds. The van der Waals surface area contributed by atoms with Crippen LogP contribution in [0, 0.1) is 6.92 Å². The van der Waals surface area contributed by atoms with Crippen LogP contribution < -0.4 is 10.2 Å². The Morgan fingerprint density at radius 2 is 1.95 bits per heavy atom. The summed E-state index contributed by atoms with van der Waals surface area (Å²) in [5, 5.41) is 3.23. The molecule has 1 fully saturated rings. The lowest BCUT2D eigenvalue weighted by Gasteiger charge is -2.20. The number of aryl methyl sites for hydroxylation is 1. The summed E-state index contributed by atoms with van der Waals surface area (Å²) in [5.41, 5.74) is 5.61. The first kappa shape index (κ1) is 14.2. The molecule has 110 valence electrons. The molecule has 1 atom stereocenters. The molecule has 1 aliphatic heterocycles. The molecule has 2 heteroatoms. The lowest BCUT2D eigenvalue weighted by molar-refractivity contribution is 0.775. The average molecular weight is 280 g/mol. The predicted molar refractivity (Wildman–Crippen MR) is 90.0 cm³/mol. The van der Waals surface area contributed by atoms with E-state index in [-0.39, 0.29) is 0 Å². The Balaban J connectivity index is 1.73. The zero-order chi connectivity index (χ0) is 14.7. The summed E-state index contributed by atoms with van der Waals surface area (Å²) < 4.78 is 0. The van der Waals surface area contributed by atoms with Gasteiger partial charge in [0.25, 0.3) is 0 Å². The highest BCUT2D eigenvalue weighted by molar-refractivity contribution is 5.52. The van der Waals surface area contributed by atoms with Crippen LogP contribution in [0.15, 0.2) is 48.5 Å². The molecular formula is C19H24N2. The van der Waals surface area contributed by atoms with E-state index >= 15 is 0 Å². The fourth-order valence-corrected chi connectivity index (χ4v) is 3.26. The number of hydrogen-bond acceptors (Lipinski definition) is 2. The quantitative estimate of drug-likeness (QED) is 0.918. The Kier molecular flexibility index (Phi) is 4.26. The molecule has 3 rings (SSSR count). The van der Waals surface area contributed by atoms with Gasteiger partial charge in [0.05, 0.1) is 0 Å². The van der Waals surface area contributed by atoms with Gasteiger partial charge in [-0.15, -0.1) is 0 Å². The topological polar surface area (TPSA) is 15.3 Å². The lowest BCUT2D eigenvalue weighted by atomic mass is 9.99. The van der Waals surface area contributed by atoms with Gasteiger partial charge in [0.2, 0.25) is 0 Å². The van der Waals surface area contributed by atoms with Gasteiger partial charge in [-0.1, -0.05) is 36.4 Å². The number of rotatable bonds is 4. The van der Waals surface area contributed by atoms with Gasteiger partial charge in [-0.2, -0.15) is 0 Å². The van der Waals surface area contributed by atoms with Crippen molar-refractivity contribution in [2.45, 2.75) is 25.8 Å². The first-order chi connectivity index (χ1) is 10.3. The number of anilines is 1. The van der Waals surface area contributed by atoms with Gasteiger partial charge in [-0.05, 0) is 49.2 Å². The third kappa shape index (κ3) is 3.11. The standard InChI is InChI=1S/C19H24N2/c1-15-12-19(9-8-17(15)13-20-2)21-11-10-18(14-21)16-6-4-3-5-7-16/h3-9,12,18,20H,10-11,13-14H2,1-2H3. The first-order valence-electron chi connectivity index (χ1n) is 7.82. The summed E-state index contributed by atoms with van der Waals surface area (Å²) in [6.07, 6.45) is 1.25. The second-order valence-corrected chi connectivity index (χ2v) is 5.98. The van der Waals surface area contributed by atoms with Crippen molar-refractivity contribution in [3.8, 4) is 0 Å². The Hall–Kier alpha value is -1.80. The van der Waals surface area contributed by atoms with Crippen LogP contribution in [0.25, 0.3) is 0 Å². The number of nitrogens with one attached hydrogen (secondary N) is 1. The van der Waals surface area contributed by atoms with E-state index < -0.39 is 0 Å². The summed E-state index contributed by atoms with van der Waals surface area (Å²) in [7, 11) is 2.00. The highest BCUT2D eigenvalue weighted by atomic mass is 15.1. The Morgan fingerprint density at radius 3 is 2.67 bits per heavy atom. The van der Waals surface area contributed by atoms with Gasteiger partial charge >= 0.3 is 0 Å². The second kappa shape index (κ2) is 6.31. The molecule has 1 aliphatic rings. The van der Waals surface area contributed by atoms with Crippen molar-refractivity contribution in [3.05, 3.63) is 65.2 Å². The Morgan fingerprint density at radius 1 is 1.14 bits per heavy atom. The molecular weight excluding hydrogens is 256 g/mol. The van der Waals surface area contributed by atoms with E-state index in [0.29, 0.717) is 5.92 Å². The molecule has 2 aromatic carbocycles. The van der Waals surface area contributed by atoms with Crippen molar-refractivity contribution in [2.24, 2.45) is 0 Å². The largest absolute Gasteiger partial charge is 0.371 e. The van der Waals surface area contributed by atoms with Crippen molar-refractivity contribution in [1.82, 2.24) is 5.32 Å². The van der Waals surface area contributed by atoms with E-state index in [1.165, 1.54) is 28.8 Å². The molecule has 1 saturated heterocycles. The van der Waals surface area contributed by atoms with Crippen molar-refractivity contribution in [2.75, 3.05) is 25.0 Å². The highest BCUT2D eigenvalue weighted by Crippen LogP contribution is 2.31. The van der Waals surface area contributed by atoms with E-state index in [2.05, 4.69) is 65.7 Å². The maximum atomic E-state index is 3.23. The monoisotopic (exact) mass is 280 g/mol. The second-order valence-electron chi connectivity index (χ2n) is 5.98. The third-order valence-corrected chi connectivity index (χ3v) is 4.52. The van der Waals surface area contributed by atoms with Crippen LogP contribution in [-0.4, -0.2) is 20.1 Å². The SMILES string of the molecule is CNCc1ccc(N2CCC(c3ccccc3)C2)cc1C. The molecule has 0 aliphatic carbocycles. The van der Waals surface area contributed by atoms with Gasteiger partial charge in [0.15, 0.2) is 0 Å². The predicted octanol–water partition coefficient (Wildman–Crippen LogP) is 3.71. The Bertz CT molecular complexity index is 592. The van der Waals surface area contributed by atoms with Crippen LogP contribution in [-0.2, 0) is 6.54 Å². The maximum absolute atomic E-state index is 3.23. The average Bonchev–Trinajstić information content (AvgIpc) is 3.00. The first-order valence-corrected chi connectivity index (χ1v) is 7.82. The van der Waals surface area contributed by atoms with Crippen molar-refractivity contribution in [1.29, 1.82) is 0 Å². The summed E-state index contributed by atoms with van der Waals surface area (Å²) in [6, 6.07) is 17.8. The molecule has 1 heterocycles. The fourth-order valence-electron chi connectivity index (χ4n) is 3.26. The molecule has 0 bridgehead atoms. The summed E-state index contributed by atoms with van der Waals surface area (Å²) in [5.74, 6) is 0.670. The van der Waals surface area contributed by atoms with Crippen LogP contribution in [0.2, 0.25) is 0 Å². The zero-order valence-corrected chi connectivity index (χ0v) is 13.0. The van der Waals surface area contributed by atoms with Crippen LogP contribution in [0.1, 0.15) is 29.0 Å². The summed E-state index contributed by atoms with van der Waals surface area (Å²) in [6.45, 7) is 5.44. The van der Waals surface area contributed by atoms with Crippen LogP contribution in [0.4, 0.5) is 5.69 Å². The van der Waals surface area contributed by atoms with Crippen molar-refractivity contribution >= 4 is 5.69 Å². The molecule has 2 nitrogen and oxygen atoms in total. The zero-order valence-electron chi connectivity index (χ0n) is 13.0. The summed E-state index contributed by atoms with van der Waals surface area (Å²) in [4.78, 5) is 2.52. The fraction of sp³-hybridized carbons (Fsp3) is 0.368. The molecule has 0 saturated carbocycles. The van der Waals surface area contributed by atoms with Gasteiger partial charge in [0.1, 0.15) is 0 Å². The van der Waals surface area contributed by atoms with E-state index in [1.807, 2.05) is 7.05 Å². The normalized spacial score (nSPS) is 18.2. The van der Waals surface area contributed by atoms with Crippen LogP contribution >= 0.6 is 0 Å². The molecule has 1 unspecified atom stereocenters. The minimum Gasteiger partial charge on any atom is -0.371 e. The number of benzene rings is 2. The van der Waals surface area contributed by atoms with Gasteiger partial charge in [-0.3, -0.25) is 0 Å². The van der Waals surface area contributed by atoms with E-state index in [1.54, 1.807) is 0 Å². The van der Waals surface area contributed by atoms with Gasteiger partial charge in [-0.25, -0.2) is 0 Å². The van der Waals surface area contributed by atoms with Gasteiger partial charge in [0, 0.05) is 31.2 Å². The van der Waals surface area contributed by atoms with E-state index in [0.717, 1.165) is 19.6 Å². The highest BCUT2D eigenvalue weighted by Gasteiger charge is 2.24. The molecule has 0 spiro atoms. The van der Waals surface area contributed by atoms with E-state index in [4.69, 9.17) is 0 Å². The van der Waals surface area contributed by atoms with Crippen LogP contribution in [0.3, 0.4) is 0 Å². The maximum Gasteiger partial charge on any atom is 0.0369 e. The number of hydrogen-bond donors (Lipinski definition) is 1. The smallest absolute Gasteiger partial charge is 0.0369 e. The molecule has 0 radical (unpaired) electrons. The molecule has 1 N–H and O–H groups in total. The third-order valence-electron chi connectivity index (χ3n) is 4.52. The molecule has 0 aromatic heterocycles. The molecule has 2 aromatic rings. The summed E-state index contributed by atoms with van der Waals surface area (Å²) >= 11 is 0. The minimum atomic E-state index is 0.670. The Labute approximate surface area is 127 Å². The number of nitrogens with zero attached hydrogens (tertiary/aromatic N) is 1.